The maximum Gasteiger partial charge on any atom is 0.246 e. The monoisotopic (exact) mass is 363 g/mol. The fraction of sp³-hybridized carbons (Fsp3) is 0.500. The van der Waals surface area contributed by atoms with E-state index in [-0.39, 0.29) is 4.90 Å². The first-order valence-corrected chi connectivity index (χ1v) is 9.92. The van der Waals surface area contributed by atoms with Crippen LogP contribution in [-0.2, 0) is 16.6 Å². The van der Waals surface area contributed by atoms with Gasteiger partial charge in [0.15, 0.2) is 0 Å². The lowest BCUT2D eigenvalue weighted by Crippen LogP contribution is -2.51. The fourth-order valence-electron chi connectivity index (χ4n) is 3.21. The maximum atomic E-state index is 12.9. The largest absolute Gasteiger partial charge is 0.495 e. The van der Waals surface area contributed by atoms with Crippen molar-refractivity contribution in [3.05, 3.63) is 42.0 Å². The molecular formula is C18H25N3O3S. The summed E-state index contributed by atoms with van der Waals surface area (Å²) < 4.78 is 34.7. The summed E-state index contributed by atoms with van der Waals surface area (Å²) >= 11 is 0. The van der Waals surface area contributed by atoms with Crippen molar-refractivity contribution < 1.29 is 13.2 Å². The fourth-order valence-corrected chi connectivity index (χ4v) is 5.05. The van der Waals surface area contributed by atoms with Crippen LogP contribution in [0.2, 0.25) is 0 Å². The lowest BCUT2D eigenvalue weighted by molar-refractivity contribution is 0.177. The predicted octanol–water partition coefficient (Wildman–Crippen LogP) is 2.64. The Balaban J connectivity index is 1.71. The molecule has 1 aliphatic rings. The number of hydrogen-bond donors (Lipinski definition) is 0. The van der Waals surface area contributed by atoms with Crippen LogP contribution in [0.25, 0.3) is 0 Å². The van der Waals surface area contributed by atoms with E-state index >= 15 is 0 Å². The quantitative estimate of drug-likeness (QED) is 0.791. The summed E-state index contributed by atoms with van der Waals surface area (Å²) in [6, 6.07) is 5.23. The third-order valence-corrected chi connectivity index (χ3v) is 6.43. The molecule has 7 heteroatoms. The molecule has 25 heavy (non-hydrogen) atoms. The van der Waals surface area contributed by atoms with Crippen LogP contribution in [0.1, 0.15) is 31.2 Å². The van der Waals surface area contributed by atoms with Crippen LogP contribution in [-0.4, -0.2) is 42.5 Å². The number of nitrogens with zero attached hydrogens (tertiary/aromatic N) is 3. The Bertz CT molecular complexity index is 852. The normalized spacial score (nSPS) is 16.2. The first kappa shape index (κ1) is 17.9. The molecular weight excluding hydrogens is 338 g/mol. The van der Waals surface area contributed by atoms with Gasteiger partial charge in [0.1, 0.15) is 16.5 Å². The molecule has 136 valence electrons. The molecule has 1 aromatic carbocycles. The summed E-state index contributed by atoms with van der Waals surface area (Å²) in [5.41, 5.74) is 0.899. The zero-order chi connectivity index (χ0) is 18.2. The van der Waals surface area contributed by atoms with E-state index in [9.17, 15) is 8.42 Å². The molecule has 0 unspecified atom stereocenters. The summed E-state index contributed by atoms with van der Waals surface area (Å²) in [5.74, 6) is 2.09. The summed E-state index contributed by atoms with van der Waals surface area (Å²) in [5, 5.41) is 0. The summed E-state index contributed by atoms with van der Waals surface area (Å²) in [4.78, 5) is 4.64. The van der Waals surface area contributed by atoms with Gasteiger partial charge in [-0.3, -0.25) is 0 Å². The number of hydrogen-bond acceptors (Lipinski definition) is 4. The van der Waals surface area contributed by atoms with Crippen molar-refractivity contribution >= 4 is 10.0 Å². The molecule has 1 aromatic heterocycles. The van der Waals surface area contributed by atoms with E-state index in [1.54, 1.807) is 18.3 Å². The Morgan fingerprint density at radius 2 is 2.04 bits per heavy atom. The Morgan fingerprint density at radius 1 is 1.32 bits per heavy atom. The molecule has 0 radical (unpaired) electrons. The second kappa shape index (κ2) is 6.80. The number of rotatable bonds is 6. The van der Waals surface area contributed by atoms with Gasteiger partial charge in [-0.05, 0) is 24.6 Å². The second-order valence-corrected chi connectivity index (χ2v) is 8.84. The van der Waals surface area contributed by atoms with Crippen molar-refractivity contribution in [1.29, 1.82) is 0 Å². The zero-order valence-corrected chi connectivity index (χ0v) is 16.0. The van der Waals surface area contributed by atoms with E-state index in [1.165, 1.54) is 11.4 Å². The van der Waals surface area contributed by atoms with Gasteiger partial charge in [0.2, 0.25) is 10.0 Å². The third kappa shape index (κ3) is 3.43. The van der Waals surface area contributed by atoms with Crippen molar-refractivity contribution in [3.63, 3.8) is 0 Å². The van der Waals surface area contributed by atoms with E-state index in [0.29, 0.717) is 30.7 Å². The molecule has 1 saturated heterocycles. The Hall–Kier alpha value is -1.86. The Labute approximate surface area is 149 Å². The third-order valence-electron chi connectivity index (χ3n) is 4.58. The molecule has 2 aromatic rings. The van der Waals surface area contributed by atoms with E-state index in [1.807, 2.05) is 19.2 Å². The summed E-state index contributed by atoms with van der Waals surface area (Å²) in [6.45, 7) is 7.94. The number of aromatic nitrogens is 2. The first-order chi connectivity index (χ1) is 11.8. The molecule has 1 aliphatic heterocycles. The number of aryl methyl sites for hydroxylation is 1. The van der Waals surface area contributed by atoms with Crippen LogP contribution in [0.4, 0.5) is 0 Å². The first-order valence-electron chi connectivity index (χ1n) is 8.48. The summed E-state index contributed by atoms with van der Waals surface area (Å²) in [7, 11) is -2.03. The zero-order valence-electron chi connectivity index (χ0n) is 15.1. The van der Waals surface area contributed by atoms with Crippen LogP contribution < -0.4 is 4.74 Å². The van der Waals surface area contributed by atoms with Gasteiger partial charge in [0, 0.05) is 43.9 Å². The van der Waals surface area contributed by atoms with Gasteiger partial charge in [0.25, 0.3) is 0 Å². The highest BCUT2D eigenvalue weighted by Crippen LogP contribution is 2.32. The molecule has 0 spiro atoms. The number of ether oxygens (including phenoxy) is 1. The molecule has 1 fully saturated rings. The van der Waals surface area contributed by atoms with Gasteiger partial charge >= 0.3 is 0 Å². The molecule has 0 aliphatic carbocycles. The average Bonchev–Trinajstić information content (AvgIpc) is 2.98. The Kier molecular flexibility index (Phi) is 4.88. The molecule has 0 atom stereocenters. The van der Waals surface area contributed by atoms with Gasteiger partial charge in [0.05, 0.1) is 7.11 Å². The lowest BCUT2D eigenvalue weighted by atomic mass is 10.0. The molecule has 0 bridgehead atoms. The van der Waals surface area contributed by atoms with Crippen LogP contribution in [0.15, 0.2) is 35.5 Å². The highest BCUT2D eigenvalue weighted by Gasteiger charge is 2.38. The van der Waals surface area contributed by atoms with Gasteiger partial charge in [-0.25, -0.2) is 13.4 Å². The molecule has 0 amide bonds. The molecule has 2 heterocycles. The number of sulfonamides is 1. The topological polar surface area (TPSA) is 64.4 Å². The molecule has 3 rings (SSSR count). The van der Waals surface area contributed by atoms with Crippen LogP contribution in [0.3, 0.4) is 0 Å². The van der Waals surface area contributed by atoms with Gasteiger partial charge in [-0.15, -0.1) is 0 Å². The van der Waals surface area contributed by atoms with E-state index < -0.39 is 10.0 Å². The van der Waals surface area contributed by atoms with E-state index in [2.05, 4.69) is 23.4 Å². The van der Waals surface area contributed by atoms with Crippen LogP contribution in [0.5, 0.6) is 5.75 Å². The van der Waals surface area contributed by atoms with Crippen molar-refractivity contribution in [2.24, 2.45) is 5.92 Å². The van der Waals surface area contributed by atoms with E-state index in [4.69, 9.17) is 4.74 Å². The van der Waals surface area contributed by atoms with Crippen LogP contribution >= 0.6 is 0 Å². The minimum atomic E-state index is -3.52. The van der Waals surface area contributed by atoms with E-state index in [0.717, 1.165) is 17.9 Å². The van der Waals surface area contributed by atoms with Gasteiger partial charge in [-0.1, -0.05) is 19.9 Å². The van der Waals surface area contributed by atoms with Gasteiger partial charge in [-0.2, -0.15) is 4.31 Å². The van der Waals surface area contributed by atoms with Crippen molar-refractivity contribution in [2.45, 2.75) is 38.1 Å². The smallest absolute Gasteiger partial charge is 0.246 e. The number of methoxy groups -OCH3 is 1. The lowest BCUT2D eigenvalue weighted by Gasteiger charge is -2.38. The summed E-state index contributed by atoms with van der Waals surface area (Å²) in [6.07, 6.45) is 3.77. The molecule has 0 saturated carbocycles. The highest BCUT2D eigenvalue weighted by molar-refractivity contribution is 7.89. The van der Waals surface area contributed by atoms with Crippen LogP contribution in [0, 0.1) is 12.8 Å². The maximum absolute atomic E-state index is 12.9. The van der Waals surface area contributed by atoms with Crippen molar-refractivity contribution in [1.82, 2.24) is 13.9 Å². The SMILES string of the molecule is COc1ccc(C)cc1S(=O)(=O)N1CC(Cn2ccnc2C(C)C)C1. The number of imidazole rings is 1. The minimum Gasteiger partial charge on any atom is -0.495 e. The average molecular weight is 363 g/mol. The number of benzene rings is 1. The van der Waals surface area contributed by atoms with Gasteiger partial charge < -0.3 is 9.30 Å². The Morgan fingerprint density at radius 3 is 2.68 bits per heavy atom. The predicted molar refractivity (Wildman–Crippen MR) is 96.3 cm³/mol. The standard InChI is InChI=1S/C18H25N3O3S/c1-13(2)18-19-7-8-20(18)10-15-11-21(12-15)25(22,23)17-9-14(3)5-6-16(17)24-4/h5-9,13,15H,10-12H2,1-4H3. The van der Waals surface area contributed by atoms with Crippen molar-refractivity contribution in [2.75, 3.05) is 20.2 Å². The molecule has 6 nitrogen and oxygen atoms in total. The van der Waals surface area contributed by atoms with Crippen molar-refractivity contribution in [3.8, 4) is 5.75 Å². The minimum absolute atomic E-state index is 0.249. The molecule has 0 N–H and O–H groups in total. The highest BCUT2D eigenvalue weighted by atomic mass is 32.2. The second-order valence-electron chi connectivity index (χ2n) is 6.93.